The Morgan fingerprint density at radius 2 is 1.70 bits per heavy atom. The topological polar surface area (TPSA) is 40.6 Å². The molecule has 0 atom stereocenters. The minimum absolute atomic E-state index is 0.0698. The zero-order valence-electron chi connectivity index (χ0n) is 13.2. The number of nitrogens with zero attached hydrogens (tertiary/aromatic N) is 2. The summed E-state index contributed by atoms with van der Waals surface area (Å²) < 4.78 is 0. The van der Waals surface area contributed by atoms with Crippen molar-refractivity contribution >= 4 is 23.2 Å². The van der Waals surface area contributed by atoms with Crippen molar-refractivity contribution in [3.8, 4) is 0 Å². The van der Waals surface area contributed by atoms with Crippen LogP contribution in [0, 0.1) is 0 Å². The van der Waals surface area contributed by atoms with Crippen molar-refractivity contribution in [2.75, 3.05) is 26.2 Å². The number of hydrogen-bond donors (Lipinski definition) is 0. The van der Waals surface area contributed by atoms with Gasteiger partial charge in [0.25, 0.3) is 5.91 Å². The van der Waals surface area contributed by atoms with Gasteiger partial charge in [0, 0.05) is 50.0 Å². The number of rotatable bonds is 3. The Bertz CT molecular complexity index is 689. The molecule has 0 aliphatic carbocycles. The molecule has 1 saturated heterocycles. The van der Waals surface area contributed by atoms with Crippen LogP contribution < -0.4 is 0 Å². The Labute approximate surface area is 140 Å². The quantitative estimate of drug-likeness (QED) is 0.869. The van der Waals surface area contributed by atoms with Crippen molar-refractivity contribution < 1.29 is 9.59 Å². The third-order valence-electron chi connectivity index (χ3n) is 4.20. The van der Waals surface area contributed by atoms with E-state index < -0.39 is 0 Å². The fraction of sp³-hybridized carbons (Fsp3) is 0.333. The van der Waals surface area contributed by atoms with Crippen LogP contribution in [0.2, 0.25) is 0 Å². The van der Waals surface area contributed by atoms with E-state index in [1.807, 2.05) is 35.2 Å². The van der Waals surface area contributed by atoms with Crippen molar-refractivity contribution in [2.45, 2.75) is 13.3 Å². The lowest BCUT2D eigenvalue weighted by Crippen LogP contribution is -2.50. The maximum Gasteiger partial charge on any atom is 0.254 e. The molecular formula is C18H20N2O2S. The van der Waals surface area contributed by atoms with Gasteiger partial charge in [-0.15, -0.1) is 11.3 Å². The Morgan fingerprint density at radius 3 is 2.35 bits per heavy atom. The second-order valence-corrected chi connectivity index (χ2v) is 6.74. The van der Waals surface area contributed by atoms with Gasteiger partial charge in [0.15, 0.2) is 0 Å². The second kappa shape index (κ2) is 6.96. The Hall–Kier alpha value is -2.14. The molecule has 4 nitrogen and oxygen atoms in total. The molecular weight excluding hydrogens is 308 g/mol. The molecule has 0 unspecified atom stereocenters. The number of hydrogen-bond acceptors (Lipinski definition) is 3. The summed E-state index contributed by atoms with van der Waals surface area (Å²) in [6.07, 6.45) is 0.785. The third-order valence-corrected chi connectivity index (χ3v) is 5.08. The number of thiophene rings is 1. The SMILES string of the molecule is CC(=O)N1CCN(C(=O)c2ccccc2Cc2cccs2)CC1. The molecule has 1 aromatic carbocycles. The predicted molar refractivity (Wildman–Crippen MR) is 91.7 cm³/mol. The maximum atomic E-state index is 12.9. The Balaban J connectivity index is 1.74. The van der Waals surface area contributed by atoms with Crippen molar-refractivity contribution in [3.05, 3.63) is 57.8 Å². The van der Waals surface area contributed by atoms with Crippen molar-refractivity contribution in [3.63, 3.8) is 0 Å². The summed E-state index contributed by atoms with van der Waals surface area (Å²) in [7, 11) is 0. The minimum Gasteiger partial charge on any atom is -0.339 e. The van der Waals surface area contributed by atoms with Crippen LogP contribution in [-0.4, -0.2) is 47.8 Å². The molecule has 120 valence electrons. The molecule has 0 radical (unpaired) electrons. The van der Waals surface area contributed by atoms with Crippen LogP contribution >= 0.6 is 11.3 Å². The second-order valence-electron chi connectivity index (χ2n) is 5.71. The van der Waals surface area contributed by atoms with Crippen LogP contribution in [0.5, 0.6) is 0 Å². The van der Waals surface area contributed by atoms with Gasteiger partial charge in [-0.3, -0.25) is 9.59 Å². The molecule has 1 aromatic heterocycles. The average Bonchev–Trinajstić information content (AvgIpc) is 3.08. The first-order chi connectivity index (χ1) is 11.1. The zero-order valence-corrected chi connectivity index (χ0v) is 14.0. The van der Waals surface area contributed by atoms with E-state index in [-0.39, 0.29) is 11.8 Å². The predicted octanol–water partition coefficient (Wildman–Crippen LogP) is 2.64. The average molecular weight is 328 g/mol. The molecule has 2 aromatic rings. The van der Waals surface area contributed by atoms with E-state index >= 15 is 0 Å². The summed E-state index contributed by atoms with van der Waals surface area (Å²) in [5.41, 5.74) is 1.84. The molecule has 5 heteroatoms. The third kappa shape index (κ3) is 3.62. The smallest absolute Gasteiger partial charge is 0.254 e. The van der Waals surface area contributed by atoms with Gasteiger partial charge in [0.05, 0.1) is 0 Å². The summed E-state index contributed by atoms with van der Waals surface area (Å²) in [6, 6.07) is 12.0. The highest BCUT2D eigenvalue weighted by atomic mass is 32.1. The molecule has 3 rings (SSSR count). The van der Waals surface area contributed by atoms with Crippen molar-refractivity contribution in [2.24, 2.45) is 0 Å². The number of amides is 2. The van der Waals surface area contributed by atoms with Gasteiger partial charge in [-0.25, -0.2) is 0 Å². The van der Waals surface area contributed by atoms with Crippen LogP contribution in [0.3, 0.4) is 0 Å². The highest BCUT2D eigenvalue weighted by Gasteiger charge is 2.24. The fourth-order valence-electron chi connectivity index (χ4n) is 2.88. The van der Waals surface area contributed by atoms with Gasteiger partial charge in [-0.2, -0.15) is 0 Å². The molecule has 2 heterocycles. The first kappa shape index (κ1) is 15.7. The molecule has 0 saturated carbocycles. The van der Waals surface area contributed by atoms with Crippen molar-refractivity contribution in [1.29, 1.82) is 0 Å². The Morgan fingerprint density at radius 1 is 1.00 bits per heavy atom. The summed E-state index contributed by atoms with van der Waals surface area (Å²) >= 11 is 1.71. The van der Waals surface area contributed by atoms with Crippen LogP contribution in [0.1, 0.15) is 27.7 Å². The van der Waals surface area contributed by atoms with Gasteiger partial charge >= 0.3 is 0 Å². The summed E-state index contributed by atoms with van der Waals surface area (Å²) in [5, 5.41) is 2.06. The highest BCUT2D eigenvalue weighted by molar-refractivity contribution is 7.09. The normalized spacial score (nSPS) is 14.8. The molecule has 0 bridgehead atoms. The van der Waals surface area contributed by atoms with Crippen LogP contribution in [-0.2, 0) is 11.2 Å². The summed E-state index contributed by atoms with van der Waals surface area (Å²) in [4.78, 5) is 29.2. The first-order valence-corrected chi connectivity index (χ1v) is 8.68. The Kier molecular flexibility index (Phi) is 4.76. The molecule has 0 spiro atoms. The summed E-state index contributed by atoms with van der Waals surface area (Å²) in [6.45, 7) is 4.02. The lowest BCUT2D eigenvalue weighted by Gasteiger charge is -2.34. The maximum absolute atomic E-state index is 12.9. The molecule has 0 N–H and O–H groups in total. The van der Waals surface area contributed by atoms with Crippen molar-refractivity contribution in [1.82, 2.24) is 9.80 Å². The molecule has 1 aliphatic rings. The van der Waals surface area contributed by atoms with E-state index in [0.717, 1.165) is 17.5 Å². The standard InChI is InChI=1S/C18H20N2O2S/c1-14(21)19-8-10-20(11-9-19)18(22)17-7-3-2-5-15(17)13-16-6-4-12-23-16/h2-7,12H,8-11,13H2,1H3. The van der Waals surface area contributed by atoms with Gasteiger partial charge in [0.2, 0.25) is 5.91 Å². The van der Waals surface area contributed by atoms with Crippen LogP contribution in [0.15, 0.2) is 41.8 Å². The number of carbonyl (C=O) groups excluding carboxylic acids is 2. The largest absolute Gasteiger partial charge is 0.339 e. The number of carbonyl (C=O) groups is 2. The van der Waals surface area contributed by atoms with Crippen LogP contribution in [0.4, 0.5) is 0 Å². The molecule has 1 aliphatic heterocycles. The van der Waals surface area contributed by atoms with Gasteiger partial charge in [-0.1, -0.05) is 24.3 Å². The van der Waals surface area contributed by atoms with E-state index in [1.54, 1.807) is 23.2 Å². The monoisotopic (exact) mass is 328 g/mol. The lowest BCUT2D eigenvalue weighted by molar-refractivity contribution is -0.130. The highest BCUT2D eigenvalue weighted by Crippen LogP contribution is 2.20. The van der Waals surface area contributed by atoms with Gasteiger partial charge in [0.1, 0.15) is 0 Å². The first-order valence-electron chi connectivity index (χ1n) is 7.80. The van der Waals surface area contributed by atoms with E-state index in [1.165, 1.54) is 4.88 Å². The zero-order chi connectivity index (χ0) is 16.2. The molecule has 1 fully saturated rings. The summed E-state index contributed by atoms with van der Waals surface area (Å²) in [5.74, 6) is 0.149. The van der Waals surface area contributed by atoms with E-state index in [2.05, 4.69) is 11.4 Å². The van der Waals surface area contributed by atoms with E-state index in [0.29, 0.717) is 26.2 Å². The van der Waals surface area contributed by atoms with E-state index in [4.69, 9.17) is 0 Å². The lowest BCUT2D eigenvalue weighted by atomic mass is 10.0. The van der Waals surface area contributed by atoms with Gasteiger partial charge in [-0.05, 0) is 23.1 Å². The van der Waals surface area contributed by atoms with Crippen LogP contribution in [0.25, 0.3) is 0 Å². The number of piperazine rings is 1. The fourth-order valence-corrected chi connectivity index (χ4v) is 3.61. The molecule has 2 amide bonds. The van der Waals surface area contributed by atoms with E-state index in [9.17, 15) is 9.59 Å². The van der Waals surface area contributed by atoms with Gasteiger partial charge < -0.3 is 9.80 Å². The molecule has 23 heavy (non-hydrogen) atoms. The minimum atomic E-state index is 0.0698. The number of benzene rings is 1.